The molecule has 2 heterocycles. The minimum atomic E-state index is 0.447. The fraction of sp³-hybridized carbons (Fsp3) is 0.571. The first-order valence-electron chi connectivity index (χ1n) is 9.59. The third-order valence-corrected chi connectivity index (χ3v) is 7.11. The SMILES string of the molecule is C=C(NCC12CC3CC(CC(C3)C1)C2)c1ccn2cc(CCl)nc2c1. The number of fused-ring (bicyclic) bond motifs is 1. The lowest BCUT2D eigenvalue weighted by molar-refractivity contribution is -0.0494. The van der Waals surface area contributed by atoms with Crippen molar-refractivity contribution in [1.29, 1.82) is 0 Å². The van der Waals surface area contributed by atoms with Gasteiger partial charge < -0.3 is 9.72 Å². The zero-order valence-electron chi connectivity index (χ0n) is 14.7. The quantitative estimate of drug-likeness (QED) is 0.777. The number of hydrogen-bond donors (Lipinski definition) is 1. The Kier molecular flexibility index (Phi) is 3.63. The number of halogens is 1. The second-order valence-corrected chi connectivity index (χ2v) is 9.06. The van der Waals surface area contributed by atoms with Crippen molar-refractivity contribution in [2.75, 3.05) is 6.54 Å². The van der Waals surface area contributed by atoms with Crippen LogP contribution in [0.4, 0.5) is 0 Å². The van der Waals surface area contributed by atoms with Crippen molar-refractivity contribution >= 4 is 22.9 Å². The number of alkyl halides is 1. The van der Waals surface area contributed by atoms with Crippen molar-refractivity contribution in [3.05, 3.63) is 42.4 Å². The van der Waals surface area contributed by atoms with Crippen LogP contribution in [0.5, 0.6) is 0 Å². The van der Waals surface area contributed by atoms with E-state index in [2.05, 4.69) is 29.0 Å². The van der Waals surface area contributed by atoms with Crippen LogP contribution >= 0.6 is 11.6 Å². The molecule has 4 bridgehead atoms. The summed E-state index contributed by atoms with van der Waals surface area (Å²) in [7, 11) is 0. The monoisotopic (exact) mass is 355 g/mol. The predicted octanol–water partition coefficient (Wildman–Crippen LogP) is 4.85. The molecule has 0 spiro atoms. The summed E-state index contributed by atoms with van der Waals surface area (Å²) in [6.45, 7) is 5.39. The summed E-state index contributed by atoms with van der Waals surface area (Å²) in [5, 5.41) is 3.68. The highest BCUT2D eigenvalue weighted by atomic mass is 35.5. The number of rotatable bonds is 5. The standard InChI is InChI=1S/C21H26ClN3/c1-14(18-2-3-25-12-19(11-22)24-20(25)7-18)23-13-21-8-15-4-16(9-21)6-17(5-15)10-21/h2-3,7,12,15-17,23H,1,4-6,8-11,13H2. The molecule has 3 nitrogen and oxygen atoms in total. The van der Waals surface area contributed by atoms with Gasteiger partial charge >= 0.3 is 0 Å². The van der Waals surface area contributed by atoms with E-state index < -0.39 is 0 Å². The Morgan fingerprint density at radius 3 is 2.56 bits per heavy atom. The Morgan fingerprint density at radius 2 is 1.92 bits per heavy atom. The molecule has 4 aliphatic carbocycles. The van der Waals surface area contributed by atoms with Gasteiger partial charge in [-0.2, -0.15) is 0 Å². The first kappa shape index (κ1) is 15.7. The zero-order chi connectivity index (χ0) is 17.0. The third-order valence-electron chi connectivity index (χ3n) is 6.84. The highest BCUT2D eigenvalue weighted by Crippen LogP contribution is 2.59. The van der Waals surface area contributed by atoms with E-state index in [4.69, 9.17) is 11.6 Å². The van der Waals surface area contributed by atoms with Crippen LogP contribution in [-0.4, -0.2) is 15.9 Å². The highest BCUT2D eigenvalue weighted by Gasteiger charge is 2.50. The Hall–Kier alpha value is -1.48. The van der Waals surface area contributed by atoms with E-state index in [1.807, 2.05) is 16.8 Å². The molecule has 0 unspecified atom stereocenters. The number of aromatic nitrogens is 2. The van der Waals surface area contributed by atoms with Crippen molar-refractivity contribution in [3.63, 3.8) is 0 Å². The number of hydrogen-bond acceptors (Lipinski definition) is 2. The maximum Gasteiger partial charge on any atom is 0.137 e. The smallest absolute Gasteiger partial charge is 0.137 e. The van der Waals surface area contributed by atoms with E-state index in [0.29, 0.717) is 11.3 Å². The summed E-state index contributed by atoms with van der Waals surface area (Å²) in [6.07, 6.45) is 12.8. The van der Waals surface area contributed by atoms with E-state index >= 15 is 0 Å². The second-order valence-electron chi connectivity index (χ2n) is 8.80. The van der Waals surface area contributed by atoms with Gasteiger partial charge in [-0.15, -0.1) is 11.6 Å². The van der Waals surface area contributed by atoms with Gasteiger partial charge in [0, 0.05) is 30.2 Å². The van der Waals surface area contributed by atoms with E-state index in [-0.39, 0.29) is 0 Å². The molecule has 0 aromatic carbocycles. The predicted molar refractivity (Wildman–Crippen MR) is 102 cm³/mol. The van der Waals surface area contributed by atoms with Gasteiger partial charge in [0.1, 0.15) is 5.65 Å². The number of imidazole rings is 1. The van der Waals surface area contributed by atoms with Crippen LogP contribution in [0.25, 0.3) is 11.3 Å². The van der Waals surface area contributed by atoms with Gasteiger partial charge in [-0.25, -0.2) is 4.98 Å². The average Bonchev–Trinajstić information content (AvgIpc) is 3.01. The van der Waals surface area contributed by atoms with Crippen LogP contribution < -0.4 is 5.32 Å². The Bertz CT molecular complexity index is 786. The summed E-state index contributed by atoms with van der Waals surface area (Å²) in [5.74, 6) is 3.44. The molecule has 1 N–H and O–H groups in total. The second kappa shape index (κ2) is 5.77. The number of nitrogens with zero attached hydrogens (tertiary/aromatic N) is 2. The molecular formula is C21H26ClN3. The molecule has 4 aliphatic rings. The molecule has 0 aliphatic heterocycles. The van der Waals surface area contributed by atoms with Crippen molar-refractivity contribution < 1.29 is 0 Å². The largest absolute Gasteiger partial charge is 0.384 e. The Labute approximate surface area is 154 Å². The molecular weight excluding hydrogens is 330 g/mol. The molecule has 4 fully saturated rings. The van der Waals surface area contributed by atoms with E-state index in [0.717, 1.165) is 46.9 Å². The summed E-state index contributed by atoms with van der Waals surface area (Å²) >= 11 is 5.89. The first-order chi connectivity index (χ1) is 12.1. The maximum absolute atomic E-state index is 5.89. The van der Waals surface area contributed by atoms with Crippen molar-refractivity contribution in [3.8, 4) is 0 Å². The molecule has 4 heteroatoms. The topological polar surface area (TPSA) is 29.3 Å². The maximum atomic E-state index is 5.89. The van der Waals surface area contributed by atoms with Crippen LogP contribution in [0.15, 0.2) is 31.1 Å². The van der Waals surface area contributed by atoms with Gasteiger partial charge in [0.15, 0.2) is 0 Å². The lowest BCUT2D eigenvalue weighted by Crippen LogP contribution is -2.50. The normalized spacial score (nSPS) is 33.1. The summed E-state index contributed by atoms with van der Waals surface area (Å²) in [5.41, 5.74) is 4.52. The van der Waals surface area contributed by atoms with Crippen molar-refractivity contribution in [1.82, 2.24) is 14.7 Å². The summed E-state index contributed by atoms with van der Waals surface area (Å²) < 4.78 is 2.02. The van der Waals surface area contributed by atoms with Gasteiger partial charge in [-0.05, 0) is 73.8 Å². The van der Waals surface area contributed by atoms with Crippen LogP contribution in [0.3, 0.4) is 0 Å². The van der Waals surface area contributed by atoms with Gasteiger partial charge in [0.05, 0.1) is 11.6 Å². The molecule has 0 saturated heterocycles. The average molecular weight is 356 g/mol. The molecule has 4 saturated carbocycles. The minimum Gasteiger partial charge on any atom is -0.384 e. The fourth-order valence-electron chi connectivity index (χ4n) is 6.19. The Balaban J connectivity index is 1.30. The van der Waals surface area contributed by atoms with Gasteiger partial charge in [0.2, 0.25) is 0 Å². The molecule has 25 heavy (non-hydrogen) atoms. The highest BCUT2D eigenvalue weighted by molar-refractivity contribution is 6.16. The minimum absolute atomic E-state index is 0.447. The molecule has 6 rings (SSSR count). The lowest BCUT2D eigenvalue weighted by atomic mass is 9.49. The Morgan fingerprint density at radius 1 is 1.24 bits per heavy atom. The summed E-state index contributed by atoms with van der Waals surface area (Å²) in [6, 6.07) is 4.22. The van der Waals surface area contributed by atoms with E-state index in [1.165, 1.54) is 38.5 Å². The molecule has 0 atom stereocenters. The molecule has 2 aromatic heterocycles. The van der Waals surface area contributed by atoms with Gasteiger partial charge in [-0.1, -0.05) is 6.58 Å². The lowest BCUT2D eigenvalue weighted by Gasteiger charge is -2.57. The van der Waals surface area contributed by atoms with Crippen molar-refractivity contribution in [2.45, 2.75) is 44.4 Å². The van der Waals surface area contributed by atoms with Crippen LogP contribution in [0.2, 0.25) is 0 Å². The molecule has 2 aromatic rings. The van der Waals surface area contributed by atoms with Crippen LogP contribution in [0, 0.1) is 23.2 Å². The number of nitrogens with one attached hydrogen (secondary N) is 1. The fourth-order valence-corrected chi connectivity index (χ4v) is 6.32. The van der Waals surface area contributed by atoms with Crippen LogP contribution in [0.1, 0.15) is 49.8 Å². The van der Waals surface area contributed by atoms with Crippen molar-refractivity contribution in [2.24, 2.45) is 23.2 Å². The van der Waals surface area contributed by atoms with E-state index in [1.54, 1.807) is 0 Å². The first-order valence-corrected chi connectivity index (χ1v) is 10.1. The van der Waals surface area contributed by atoms with Gasteiger partial charge in [0.25, 0.3) is 0 Å². The van der Waals surface area contributed by atoms with Gasteiger partial charge in [-0.3, -0.25) is 0 Å². The van der Waals surface area contributed by atoms with E-state index in [9.17, 15) is 0 Å². The molecule has 0 radical (unpaired) electrons. The zero-order valence-corrected chi connectivity index (χ0v) is 15.4. The third kappa shape index (κ3) is 2.77. The number of pyridine rings is 1. The summed E-state index contributed by atoms with van der Waals surface area (Å²) in [4.78, 5) is 4.55. The molecule has 0 amide bonds. The molecule has 132 valence electrons. The van der Waals surface area contributed by atoms with Crippen LogP contribution in [-0.2, 0) is 5.88 Å².